The first-order chi connectivity index (χ1) is 10.3. The number of ether oxygens (including phenoxy) is 1. The van der Waals surface area contributed by atoms with Gasteiger partial charge in [0.2, 0.25) is 0 Å². The van der Waals surface area contributed by atoms with Gasteiger partial charge in [0, 0.05) is 0 Å². The molecule has 0 aliphatic heterocycles. The van der Waals surface area contributed by atoms with Gasteiger partial charge >= 0.3 is 5.97 Å². The van der Waals surface area contributed by atoms with E-state index in [0.717, 1.165) is 18.4 Å². The maximum Gasteiger partial charge on any atom is 0.309 e. The van der Waals surface area contributed by atoms with Crippen molar-refractivity contribution in [2.24, 2.45) is 11.3 Å². The Kier molecular flexibility index (Phi) is 4.62. The van der Waals surface area contributed by atoms with Gasteiger partial charge in [0.1, 0.15) is 6.61 Å². The number of carbonyl (C=O) groups is 1. The molecular formula is C19H26O2. The van der Waals surface area contributed by atoms with Gasteiger partial charge in [-0.25, -0.2) is 0 Å². The van der Waals surface area contributed by atoms with Crippen LogP contribution in [0.3, 0.4) is 0 Å². The van der Waals surface area contributed by atoms with Gasteiger partial charge in [-0.1, -0.05) is 49.6 Å². The first kappa shape index (κ1) is 14.6. The molecular weight excluding hydrogens is 260 g/mol. The second-order valence-electron chi connectivity index (χ2n) is 6.93. The summed E-state index contributed by atoms with van der Waals surface area (Å²) in [5, 5.41) is 0. The van der Waals surface area contributed by atoms with Gasteiger partial charge in [-0.2, -0.15) is 0 Å². The molecule has 0 saturated heterocycles. The standard InChI is InChI=1S/C19H26O2/c20-18(21-15-16-7-3-1-4-8-16)17-9-13-19(14-10-17)11-5-2-6-12-19/h1,3-4,7-8,17H,2,5-6,9-15H2. The Morgan fingerprint density at radius 1 is 1.00 bits per heavy atom. The maximum absolute atomic E-state index is 12.2. The zero-order chi connectivity index (χ0) is 14.5. The Labute approximate surface area is 127 Å². The molecule has 3 rings (SSSR count). The van der Waals surface area contributed by atoms with Crippen LogP contribution in [0.4, 0.5) is 0 Å². The average Bonchev–Trinajstić information content (AvgIpc) is 2.55. The van der Waals surface area contributed by atoms with Crippen LogP contribution in [0.1, 0.15) is 63.4 Å². The lowest BCUT2D eigenvalue weighted by atomic mass is 9.63. The minimum absolute atomic E-state index is 0.0181. The molecule has 2 heteroatoms. The van der Waals surface area contributed by atoms with Gasteiger partial charge in [-0.05, 0) is 49.5 Å². The van der Waals surface area contributed by atoms with Crippen LogP contribution in [0.5, 0.6) is 0 Å². The van der Waals surface area contributed by atoms with Crippen molar-refractivity contribution in [3.63, 3.8) is 0 Å². The quantitative estimate of drug-likeness (QED) is 0.741. The highest BCUT2D eigenvalue weighted by Gasteiger charge is 2.38. The Bertz CT molecular complexity index is 450. The van der Waals surface area contributed by atoms with E-state index >= 15 is 0 Å². The number of hydrogen-bond acceptors (Lipinski definition) is 2. The zero-order valence-electron chi connectivity index (χ0n) is 12.9. The van der Waals surface area contributed by atoms with Crippen LogP contribution in [0.25, 0.3) is 0 Å². The van der Waals surface area contributed by atoms with Crippen LogP contribution >= 0.6 is 0 Å². The third-order valence-corrected chi connectivity index (χ3v) is 5.52. The van der Waals surface area contributed by atoms with E-state index in [2.05, 4.69) is 0 Å². The fraction of sp³-hybridized carbons (Fsp3) is 0.632. The largest absolute Gasteiger partial charge is 0.461 e. The van der Waals surface area contributed by atoms with E-state index in [4.69, 9.17) is 4.74 Å². The third-order valence-electron chi connectivity index (χ3n) is 5.52. The molecule has 2 fully saturated rings. The van der Waals surface area contributed by atoms with Gasteiger partial charge in [-0.15, -0.1) is 0 Å². The second kappa shape index (κ2) is 6.64. The molecule has 2 saturated carbocycles. The summed E-state index contributed by atoms with van der Waals surface area (Å²) in [7, 11) is 0. The smallest absolute Gasteiger partial charge is 0.309 e. The fourth-order valence-electron chi connectivity index (χ4n) is 4.11. The van der Waals surface area contributed by atoms with Gasteiger partial charge < -0.3 is 4.74 Å². The molecule has 0 unspecified atom stereocenters. The van der Waals surface area contributed by atoms with Gasteiger partial charge in [0.05, 0.1) is 5.92 Å². The van der Waals surface area contributed by atoms with Gasteiger partial charge in [-0.3, -0.25) is 4.79 Å². The van der Waals surface area contributed by atoms with E-state index in [1.807, 2.05) is 30.3 Å². The van der Waals surface area contributed by atoms with Crippen molar-refractivity contribution in [1.82, 2.24) is 0 Å². The van der Waals surface area contributed by atoms with Crippen molar-refractivity contribution in [2.45, 2.75) is 64.4 Å². The first-order valence-corrected chi connectivity index (χ1v) is 8.48. The van der Waals surface area contributed by atoms with E-state index < -0.39 is 0 Å². The summed E-state index contributed by atoms with van der Waals surface area (Å²) in [5.41, 5.74) is 1.65. The molecule has 0 heterocycles. The SMILES string of the molecule is O=C(OCc1ccccc1)C1CCC2(CCCCC2)CC1. The highest BCUT2D eigenvalue weighted by Crippen LogP contribution is 2.48. The Balaban J connectivity index is 1.46. The topological polar surface area (TPSA) is 26.3 Å². The first-order valence-electron chi connectivity index (χ1n) is 8.48. The predicted molar refractivity (Wildman–Crippen MR) is 83.7 cm³/mol. The van der Waals surface area contributed by atoms with Crippen molar-refractivity contribution in [3.05, 3.63) is 35.9 Å². The lowest BCUT2D eigenvalue weighted by Gasteiger charge is -2.42. The Morgan fingerprint density at radius 2 is 1.67 bits per heavy atom. The molecule has 21 heavy (non-hydrogen) atoms. The van der Waals surface area contributed by atoms with Crippen molar-refractivity contribution in [2.75, 3.05) is 0 Å². The number of esters is 1. The van der Waals surface area contributed by atoms with Crippen LogP contribution in [0, 0.1) is 11.3 Å². The molecule has 0 amide bonds. The molecule has 0 aromatic heterocycles. The highest BCUT2D eigenvalue weighted by molar-refractivity contribution is 5.72. The van der Waals surface area contributed by atoms with E-state index in [1.54, 1.807) is 0 Å². The Morgan fingerprint density at radius 3 is 2.33 bits per heavy atom. The molecule has 2 aliphatic carbocycles. The summed E-state index contributed by atoms with van der Waals surface area (Å²) in [6, 6.07) is 9.96. The van der Waals surface area contributed by atoms with E-state index in [9.17, 15) is 4.79 Å². The van der Waals surface area contributed by atoms with Crippen molar-refractivity contribution in [3.8, 4) is 0 Å². The lowest BCUT2D eigenvalue weighted by Crippen LogP contribution is -2.32. The number of rotatable bonds is 3. The van der Waals surface area contributed by atoms with Gasteiger partial charge in [0.25, 0.3) is 0 Å². The molecule has 0 radical (unpaired) electrons. The lowest BCUT2D eigenvalue weighted by molar-refractivity contribution is -0.152. The van der Waals surface area contributed by atoms with Crippen molar-refractivity contribution >= 4 is 5.97 Å². The van der Waals surface area contributed by atoms with Crippen molar-refractivity contribution < 1.29 is 9.53 Å². The van der Waals surface area contributed by atoms with Gasteiger partial charge in [0.15, 0.2) is 0 Å². The number of hydrogen-bond donors (Lipinski definition) is 0. The van der Waals surface area contributed by atoms with Crippen molar-refractivity contribution in [1.29, 1.82) is 0 Å². The highest BCUT2D eigenvalue weighted by atomic mass is 16.5. The predicted octanol–water partition coefficient (Wildman–Crippen LogP) is 4.87. The summed E-state index contributed by atoms with van der Waals surface area (Å²) < 4.78 is 5.50. The molecule has 1 spiro atoms. The molecule has 0 atom stereocenters. The average molecular weight is 286 g/mol. The second-order valence-corrected chi connectivity index (χ2v) is 6.93. The Hall–Kier alpha value is -1.31. The van der Waals surface area contributed by atoms with Crippen LogP contribution in [-0.4, -0.2) is 5.97 Å². The van der Waals surface area contributed by atoms with Crippen LogP contribution in [-0.2, 0) is 16.1 Å². The molecule has 1 aromatic carbocycles. The van der Waals surface area contributed by atoms with E-state index in [1.165, 1.54) is 44.9 Å². The minimum Gasteiger partial charge on any atom is -0.461 e. The fourth-order valence-corrected chi connectivity index (χ4v) is 4.11. The van der Waals surface area contributed by atoms with E-state index in [0.29, 0.717) is 12.0 Å². The molecule has 2 nitrogen and oxygen atoms in total. The van der Waals surface area contributed by atoms with Crippen LogP contribution in [0.2, 0.25) is 0 Å². The van der Waals surface area contributed by atoms with Crippen LogP contribution < -0.4 is 0 Å². The summed E-state index contributed by atoms with van der Waals surface area (Å²) >= 11 is 0. The minimum atomic E-state index is 0.0181. The summed E-state index contributed by atoms with van der Waals surface area (Å²) in [4.78, 5) is 12.2. The number of benzene rings is 1. The molecule has 1 aromatic rings. The normalized spacial score (nSPS) is 22.1. The maximum atomic E-state index is 12.2. The van der Waals surface area contributed by atoms with Crippen LogP contribution in [0.15, 0.2) is 30.3 Å². The van der Waals surface area contributed by atoms with E-state index in [-0.39, 0.29) is 11.9 Å². The third kappa shape index (κ3) is 3.66. The molecule has 2 aliphatic rings. The summed E-state index contributed by atoms with van der Waals surface area (Å²) in [6.45, 7) is 0.418. The summed E-state index contributed by atoms with van der Waals surface area (Å²) in [6.07, 6.45) is 11.5. The molecule has 114 valence electrons. The molecule has 0 N–H and O–H groups in total. The molecule has 0 bridgehead atoms. The number of carbonyl (C=O) groups excluding carboxylic acids is 1. The summed E-state index contributed by atoms with van der Waals surface area (Å²) in [5.74, 6) is 0.158. The zero-order valence-corrected chi connectivity index (χ0v) is 12.9. The monoisotopic (exact) mass is 286 g/mol.